The van der Waals surface area contributed by atoms with Crippen LogP contribution < -0.4 is 0 Å². The highest BCUT2D eigenvalue weighted by atomic mass is 16.3. The van der Waals surface area contributed by atoms with Crippen LogP contribution in [-0.2, 0) is 6.54 Å². The fourth-order valence-electron chi connectivity index (χ4n) is 2.70. The summed E-state index contributed by atoms with van der Waals surface area (Å²) in [6.45, 7) is 8.43. The van der Waals surface area contributed by atoms with Gasteiger partial charge in [0.2, 0.25) is 0 Å². The van der Waals surface area contributed by atoms with Gasteiger partial charge in [-0.15, -0.1) is 0 Å². The molecule has 118 valence electrons. The average molecular weight is 307 g/mol. The van der Waals surface area contributed by atoms with Crippen LogP contribution in [0.5, 0.6) is 0 Å². The number of rotatable bonds is 2. The molecule has 0 spiro atoms. The normalized spacial score (nSPS) is 11.5. The molecular formula is C19H21N3O. The van der Waals surface area contributed by atoms with Gasteiger partial charge in [0, 0.05) is 46.0 Å². The van der Waals surface area contributed by atoms with Crippen molar-refractivity contribution in [3.05, 3.63) is 41.9 Å². The summed E-state index contributed by atoms with van der Waals surface area (Å²) < 4.78 is 2.23. The number of benzene rings is 1. The van der Waals surface area contributed by atoms with Crippen LogP contribution in [0, 0.1) is 18.8 Å². The molecule has 23 heavy (non-hydrogen) atoms. The monoisotopic (exact) mass is 307 g/mol. The Kier molecular flexibility index (Phi) is 3.75. The van der Waals surface area contributed by atoms with Gasteiger partial charge in [-0.2, -0.15) is 5.10 Å². The average Bonchev–Trinajstić information content (AvgIpc) is 3.07. The molecular weight excluding hydrogens is 286 g/mol. The smallest absolute Gasteiger partial charge is 0.120 e. The molecule has 0 bridgehead atoms. The van der Waals surface area contributed by atoms with E-state index in [1.165, 1.54) is 5.52 Å². The molecule has 0 unspecified atom stereocenters. The Bertz CT molecular complexity index is 914. The van der Waals surface area contributed by atoms with E-state index in [1.807, 2.05) is 19.2 Å². The molecule has 2 N–H and O–H groups in total. The lowest BCUT2D eigenvalue weighted by Gasteiger charge is -2.06. The molecule has 0 aliphatic carbocycles. The van der Waals surface area contributed by atoms with Crippen LogP contribution in [-0.4, -0.2) is 25.5 Å². The van der Waals surface area contributed by atoms with E-state index in [2.05, 4.69) is 51.9 Å². The van der Waals surface area contributed by atoms with E-state index >= 15 is 0 Å². The summed E-state index contributed by atoms with van der Waals surface area (Å²) in [4.78, 5) is 0. The number of H-pyrrole nitrogens is 1. The Balaban J connectivity index is 2.20. The number of fused-ring (bicyclic) bond motifs is 1. The Hall–Kier alpha value is -2.51. The van der Waals surface area contributed by atoms with Gasteiger partial charge in [0.25, 0.3) is 0 Å². The van der Waals surface area contributed by atoms with Crippen molar-refractivity contribution in [2.24, 2.45) is 0 Å². The lowest BCUT2D eigenvalue weighted by atomic mass is 10.0. The molecule has 0 aliphatic rings. The maximum Gasteiger partial charge on any atom is 0.120 e. The topological polar surface area (TPSA) is 53.8 Å². The lowest BCUT2D eigenvalue weighted by molar-refractivity contribution is 0.143. The first-order chi connectivity index (χ1) is 10.9. The van der Waals surface area contributed by atoms with Crippen molar-refractivity contribution in [3.63, 3.8) is 0 Å². The van der Waals surface area contributed by atoms with Crippen molar-refractivity contribution >= 4 is 10.9 Å². The number of nitrogens with one attached hydrogen (secondary N) is 1. The highest BCUT2D eigenvalue weighted by Crippen LogP contribution is 2.32. The minimum Gasteiger partial charge on any atom is -0.378 e. The van der Waals surface area contributed by atoms with E-state index in [0.29, 0.717) is 0 Å². The quantitative estimate of drug-likeness (QED) is 0.712. The van der Waals surface area contributed by atoms with Crippen molar-refractivity contribution in [2.75, 3.05) is 0 Å². The second-order valence-corrected chi connectivity index (χ2v) is 6.28. The molecule has 4 heteroatoms. The Morgan fingerprint density at radius 1 is 1.30 bits per heavy atom. The first-order valence-corrected chi connectivity index (χ1v) is 7.78. The molecule has 0 atom stereocenters. The van der Waals surface area contributed by atoms with E-state index in [9.17, 15) is 5.11 Å². The summed E-state index contributed by atoms with van der Waals surface area (Å²) in [5, 5.41) is 18.1. The predicted molar refractivity (Wildman–Crippen MR) is 93.1 cm³/mol. The van der Waals surface area contributed by atoms with Crippen molar-refractivity contribution < 1.29 is 5.11 Å². The largest absolute Gasteiger partial charge is 0.378 e. The van der Waals surface area contributed by atoms with Gasteiger partial charge in [-0.3, -0.25) is 5.10 Å². The van der Waals surface area contributed by atoms with Crippen LogP contribution in [0.2, 0.25) is 0 Å². The van der Waals surface area contributed by atoms with Crippen molar-refractivity contribution in [3.8, 4) is 23.0 Å². The number of hydrogen-bond donors (Lipinski definition) is 2. The Labute approximate surface area is 136 Å². The van der Waals surface area contributed by atoms with E-state index in [4.69, 9.17) is 0 Å². The maximum atomic E-state index is 9.79. The van der Waals surface area contributed by atoms with E-state index < -0.39 is 5.60 Å². The first-order valence-electron chi connectivity index (χ1n) is 7.78. The van der Waals surface area contributed by atoms with Crippen LogP contribution in [0.15, 0.2) is 30.6 Å². The summed E-state index contributed by atoms with van der Waals surface area (Å²) in [5.74, 6) is 5.93. The zero-order valence-corrected chi connectivity index (χ0v) is 13.9. The summed E-state index contributed by atoms with van der Waals surface area (Å²) in [7, 11) is 0. The van der Waals surface area contributed by atoms with E-state index in [0.717, 1.165) is 34.3 Å². The number of hydrogen-bond acceptors (Lipinski definition) is 2. The Morgan fingerprint density at radius 3 is 2.70 bits per heavy atom. The minimum absolute atomic E-state index is 0.899. The zero-order valence-electron chi connectivity index (χ0n) is 13.9. The van der Waals surface area contributed by atoms with Crippen LogP contribution >= 0.6 is 0 Å². The third kappa shape index (κ3) is 3.01. The standard InChI is InChI=1S/C19H21N3O/c1-5-22-12-17(16-11-20-21-13(16)2)15-10-14(6-7-18(15)22)8-9-19(3,4)23/h6-7,10-12,23H,5H2,1-4H3,(H,20,21). The molecule has 0 radical (unpaired) electrons. The summed E-state index contributed by atoms with van der Waals surface area (Å²) in [6.07, 6.45) is 4.02. The van der Waals surface area contributed by atoms with Crippen LogP contribution in [0.3, 0.4) is 0 Å². The fraction of sp³-hybridized carbons (Fsp3) is 0.316. The maximum absolute atomic E-state index is 9.79. The van der Waals surface area contributed by atoms with Crippen molar-refractivity contribution in [1.29, 1.82) is 0 Å². The molecule has 0 saturated heterocycles. The third-order valence-electron chi connectivity index (χ3n) is 3.85. The number of aliphatic hydroxyl groups is 1. The Morgan fingerprint density at radius 2 is 2.09 bits per heavy atom. The highest BCUT2D eigenvalue weighted by molar-refractivity contribution is 5.97. The molecule has 1 aromatic carbocycles. The number of aromatic amines is 1. The SMILES string of the molecule is CCn1cc(-c2cn[nH]c2C)c2cc(C#CC(C)(C)O)ccc21. The summed E-state index contributed by atoms with van der Waals surface area (Å²) in [6, 6.07) is 6.17. The zero-order chi connectivity index (χ0) is 16.6. The second-order valence-electron chi connectivity index (χ2n) is 6.28. The highest BCUT2D eigenvalue weighted by Gasteiger charge is 2.13. The fourth-order valence-corrected chi connectivity index (χ4v) is 2.70. The number of aromatic nitrogens is 3. The molecule has 3 aromatic rings. The lowest BCUT2D eigenvalue weighted by Crippen LogP contribution is -2.14. The van der Waals surface area contributed by atoms with Gasteiger partial charge >= 0.3 is 0 Å². The van der Waals surface area contributed by atoms with Crippen LogP contribution in [0.25, 0.3) is 22.0 Å². The molecule has 2 aromatic heterocycles. The van der Waals surface area contributed by atoms with E-state index in [-0.39, 0.29) is 0 Å². The number of nitrogens with zero attached hydrogens (tertiary/aromatic N) is 2. The van der Waals surface area contributed by atoms with Gasteiger partial charge in [-0.25, -0.2) is 0 Å². The predicted octanol–water partition coefficient (Wildman–Crippen LogP) is 3.48. The van der Waals surface area contributed by atoms with Crippen molar-refractivity contribution in [1.82, 2.24) is 14.8 Å². The molecule has 0 aliphatic heterocycles. The van der Waals surface area contributed by atoms with Crippen molar-refractivity contribution in [2.45, 2.75) is 39.8 Å². The number of aryl methyl sites for hydroxylation is 2. The van der Waals surface area contributed by atoms with Gasteiger partial charge in [0.15, 0.2) is 0 Å². The molecule has 0 saturated carbocycles. The second kappa shape index (κ2) is 5.60. The first kappa shape index (κ1) is 15.4. The van der Waals surface area contributed by atoms with Gasteiger partial charge in [-0.1, -0.05) is 11.8 Å². The molecule has 3 rings (SSSR count). The summed E-state index contributed by atoms with van der Waals surface area (Å²) in [5.41, 5.74) is 4.39. The molecule has 2 heterocycles. The minimum atomic E-state index is -0.992. The molecule has 0 fully saturated rings. The molecule has 0 amide bonds. The summed E-state index contributed by atoms with van der Waals surface area (Å²) >= 11 is 0. The van der Waals surface area contributed by atoms with Gasteiger partial charge in [0.05, 0.1) is 6.20 Å². The van der Waals surface area contributed by atoms with Gasteiger partial charge in [-0.05, 0) is 45.9 Å². The van der Waals surface area contributed by atoms with E-state index in [1.54, 1.807) is 13.8 Å². The van der Waals surface area contributed by atoms with Crippen LogP contribution in [0.1, 0.15) is 32.0 Å². The van der Waals surface area contributed by atoms with Gasteiger partial charge in [0.1, 0.15) is 5.60 Å². The third-order valence-corrected chi connectivity index (χ3v) is 3.85. The van der Waals surface area contributed by atoms with Crippen LogP contribution in [0.4, 0.5) is 0 Å². The molecule has 4 nitrogen and oxygen atoms in total. The van der Waals surface area contributed by atoms with Gasteiger partial charge < -0.3 is 9.67 Å².